The molecule has 94 valence electrons. The monoisotopic (exact) mass is 311 g/mol. The number of ether oxygens (including phenoxy) is 1. The molecule has 0 saturated heterocycles. The Morgan fingerprint density at radius 3 is 2.76 bits per heavy atom. The molecule has 0 atom stereocenters. The third-order valence-corrected chi connectivity index (χ3v) is 2.54. The van der Waals surface area contributed by atoms with E-state index in [4.69, 9.17) is 0 Å². The van der Waals surface area contributed by atoms with Gasteiger partial charge in [-0.2, -0.15) is 0 Å². The molecule has 0 radical (unpaired) electrons. The number of aromatic nitrogens is 1. The van der Waals surface area contributed by atoms with Gasteiger partial charge in [-0.05, 0) is 28.9 Å². The number of nitrogens with zero attached hydrogens (tertiary/aromatic N) is 1. The first-order valence-corrected chi connectivity index (χ1v) is 5.53. The standard InChI is InChI=1S/C10H9BrF3NO2/c1-2-17-8(16)4-7-5(11)3-6(12)9(15-7)10(13)14/h3,10H,2,4H2,1H3. The van der Waals surface area contributed by atoms with Crippen LogP contribution in [-0.2, 0) is 16.0 Å². The molecule has 1 aromatic heterocycles. The number of carbonyl (C=O) groups is 1. The Labute approximate surface area is 104 Å². The molecule has 0 saturated carbocycles. The molecule has 1 aromatic rings. The van der Waals surface area contributed by atoms with Crippen molar-refractivity contribution in [2.45, 2.75) is 19.8 Å². The van der Waals surface area contributed by atoms with E-state index in [0.29, 0.717) is 0 Å². The largest absolute Gasteiger partial charge is 0.466 e. The molecule has 0 unspecified atom stereocenters. The number of halogens is 4. The third kappa shape index (κ3) is 3.69. The summed E-state index contributed by atoms with van der Waals surface area (Å²) in [6, 6.07) is 0.864. The Morgan fingerprint density at radius 1 is 1.59 bits per heavy atom. The number of hydrogen-bond acceptors (Lipinski definition) is 3. The van der Waals surface area contributed by atoms with Crippen molar-refractivity contribution in [1.29, 1.82) is 0 Å². The first kappa shape index (κ1) is 14.0. The summed E-state index contributed by atoms with van der Waals surface area (Å²) >= 11 is 2.95. The molecule has 0 spiro atoms. The van der Waals surface area contributed by atoms with Gasteiger partial charge in [0.1, 0.15) is 5.69 Å². The maximum absolute atomic E-state index is 13.1. The second kappa shape index (κ2) is 6.00. The summed E-state index contributed by atoms with van der Waals surface area (Å²) in [4.78, 5) is 14.6. The van der Waals surface area contributed by atoms with E-state index in [0.717, 1.165) is 6.07 Å². The molecule has 3 nitrogen and oxygen atoms in total. The first-order chi connectivity index (χ1) is 7.95. The van der Waals surface area contributed by atoms with E-state index in [1.54, 1.807) is 6.92 Å². The third-order valence-electron chi connectivity index (χ3n) is 1.85. The van der Waals surface area contributed by atoms with E-state index < -0.39 is 23.9 Å². The van der Waals surface area contributed by atoms with E-state index in [1.807, 2.05) is 0 Å². The highest BCUT2D eigenvalue weighted by Gasteiger charge is 2.19. The molecule has 0 aliphatic carbocycles. The van der Waals surface area contributed by atoms with Gasteiger partial charge in [0.25, 0.3) is 6.43 Å². The Morgan fingerprint density at radius 2 is 2.24 bits per heavy atom. The van der Waals surface area contributed by atoms with Crippen molar-refractivity contribution < 1.29 is 22.7 Å². The molecular formula is C10H9BrF3NO2. The van der Waals surface area contributed by atoms with Crippen LogP contribution in [-0.4, -0.2) is 17.6 Å². The van der Waals surface area contributed by atoms with Gasteiger partial charge in [0.05, 0.1) is 18.7 Å². The summed E-state index contributed by atoms with van der Waals surface area (Å²) in [6.07, 6.45) is -3.31. The fraction of sp³-hybridized carbons (Fsp3) is 0.400. The van der Waals surface area contributed by atoms with Crippen LogP contribution in [0.1, 0.15) is 24.7 Å². The highest BCUT2D eigenvalue weighted by Crippen LogP contribution is 2.25. The number of pyridine rings is 1. The molecule has 0 bridgehead atoms. The zero-order chi connectivity index (χ0) is 13.0. The van der Waals surface area contributed by atoms with Crippen LogP contribution in [0, 0.1) is 5.82 Å². The highest BCUT2D eigenvalue weighted by molar-refractivity contribution is 9.10. The van der Waals surface area contributed by atoms with Crippen LogP contribution in [0.3, 0.4) is 0 Å². The quantitative estimate of drug-likeness (QED) is 0.802. The molecule has 1 heterocycles. The summed E-state index contributed by atoms with van der Waals surface area (Å²) < 4.78 is 42.7. The van der Waals surface area contributed by atoms with Crippen LogP contribution in [0.5, 0.6) is 0 Å². The maximum atomic E-state index is 13.1. The van der Waals surface area contributed by atoms with Crippen molar-refractivity contribution >= 4 is 21.9 Å². The predicted molar refractivity (Wildman–Crippen MR) is 57.2 cm³/mol. The Hall–Kier alpha value is -1.11. The van der Waals surface area contributed by atoms with Gasteiger partial charge < -0.3 is 4.74 Å². The normalized spacial score (nSPS) is 10.7. The molecule has 0 aliphatic rings. The lowest BCUT2D eigenvalue weighted by atomic mass is 10.2. The second-order valence-corrected chi connectivity index (χ2v) is 3.92. The zero-order valence-electron chi connectivity index (χ0n) is 8.84. The van der Waals surface area contributed by atoms with Crippen LogP contribution >= 0.6 is 15.9 Å². The van der Waals surface area contributed by atoms with Crippen molar-refractivity contribution in [1.82, 2.24) is 4.98 Å². The second-order valence-electron chi connectivity index (χ2n) is 3.07. The predicted octanol–water partition coefficient (Wildman–Crippen LogP) is 3.03. The minimum absolute atomic E-state index is 0.0279. The molecule has 0 fully saturated rings. The van der Waals surface area contributed by atoms with E-state index >= 15 is 0 Å². The number of hydrogen-bond donors (Lipinski definition) is 0. The van der Waals surface area contributed by atoms with Crippen molar-refractivity contribution in [3.05, 3.63) is 27.7 Å². The fourth-order valence-electron chi connectivity index (χ4n) is 1.15. The lowest BCUT2D eigenvalue weighted by molar-refractivity contribution is -0.142. The molecule has 0 aliphatic heterocycles. The smallest absolute Gasteiger partial charge is 0.311 e. The van der Waals surface area contributed by atoms with Gasteiger partial charge in [-0.3, -0.25) is 4.79 Å². The van der Waals surface area contributed by atoms with Gasteiger partial charge in [0.2, 0.25) is 0 Å². The van der Waals surface area contributed by atoms with Crippen molar-refractivity contribution in [2.24, 2.45) is 0 Å². The number of rotatable bonds is 4. The van der Waals surface area contributed by atoms with Gasteiger partial charge in [0.15, 0.2) is 5.82 Å². The molecule has 17 heavy (non-hydrogen) atoms. The van der Waals surface area contributed by atoms with Gasteiger partial charge >= 0.3 is 5.97 Å². The van der Waals surface area contributed by atoms with Crippen LogP contribution < -0.4 is 0 Å². The van der Waals surface area contributed by atoms with E-state index in [2.05, 4.69) is 25.7 Å². The lowest BCUT2D eigenvalue weighted by Gasteiger charge is -2.07. The van der Waals surface area contributed by atoms with Gasteiger partial charge in [-0.1, -0.05) is 0 Å². The Bertz CT molecular complexity index is 426. The molecule has 0 amide bonds. The van der Waals surface area contributed by atoms with Crippen molar-refractivity contribution in [3.63, 3.8) is 0 Å². The topological polar surface area (TPSA) is 39.2 Å². The summed E-state index contributed by atoms with van der Waals surface area (Å²) in [6.45, 7) is 1.80. The van der Waals surface area contributed by atoms with Crippen molar-refractivity contribution in [3.8, 4) is 0 Å². The molecular weight excluding hydrogens is 303 g/mol. The van der Waals surface area contributed by atoms with Crippen LogP contribution in [0.25, 0.3) is 0 Å². The highest BCUT2D eigenvalue weighted by atomic mass is 79.9. The number of carbonyl (C=O) groups excluding carboxylic acids is 1. The summed E-state index contributed by atoms with van der Waals surface area (Å²) in [5.41, 5.74) is -0.937. The van der Waals surface area contributed by atoms with E-state index in [9.17, 15) is 18.0 Å². The zero-order valence-corrected chi connectivity index (χ0v) is 10.4. The number of esters is 1. The summed E-state index contributed by atoms with van der Waals surface area (Å²) in [5.74, 6) is -1.72. The summed E-state index contributed by atoms with van der Waals surface area (Å²) in [7, 11) is 0. The molecule has 0 N–H and O–H groups in total. The van der Waals surface area contributed by atoms with Crippen LogP contribution in [0.4, 0.5) is 13.2 Å². The number of alkyl halides is 2. The maximum Gasteiger partial charge on any atom is 0.311 e. The van der Waals surface area contributed by atoms with Gasteiger partial charge in [-0.25, -0.2) is 18.2 Å². The Balaban J connectivity index is 2.99. The average molecular weight is 312 g/mol. The van der Waals surface area contributed by atoms with Crippen LogP contribution in [0.2, 0.25) is 0 Å². The van der Waals surface area contributed by atoms with E-state index in [-0.39, 0.29) is 23.2 Å². The van der Waals surface area contributed by atoms with Crippen LogP contribution in [0.15, 0.2) is 10.5 Å². The molecule has 0 aromatic carbocycles. The van der Waals surface area contributed by atoms with Crippen molar-refractivity contribution in [2.75, 3.05) is 6.61 Å². The first-order valence-electron chi connectivity index (χ1n) is 4.74. The lowest BCUT2D eigenvalue weighted by Crippen LogP contribution is -2.11. The minimum atomic E-state index is -3.02. The average Bonchev–Trinajstić information content (AvgIpc) is 2.21. The molecule has 7 heteroatoms. The molecule has 1 rings (SSSR count). The summed E-state index contributed by atoms with van der Waals surface area (Å²) in [5, 5.41) is 0. The van der Waals surface area contributed by atoms with E-state index in [1.165, 1.54) is 0 Å². The van der Waals surface area contributed by atoms with Gasteiger partial charge in [0, 0.05) is 4.47 Å². The minimum Gasteiger partial charge on any atom is -0.466 e. The Kier molecular flexibility index (Phi) is 4.92. The fourth-order valence-corrected chi connectivity index (χ4v) is 1.58. The SMILES string of the molecule is CCOC(=O)Cc1nc(C(F)F)c(F)cc1Br. The van der Waals surface area contributed by atoms with Gasteiger partial charge in [-0.15, -0.1) is 0 Å².